The molecule has 0 radical (unpaired) electrons. The zero-order valence-corrected chi connectivity index (χ0v) is 25.0. The molecule has 2 amide bonds. The minimum Gasteiger partial charge on any atom is -0.480 e. The van der Waals surface area contributed by atoms with Gasteiger partial charge in [-0.3, -0.25) is 4.79 Å². The highest BCUT2D eigenvalue weighted by Gasteiger charge is 2.52. The smallest absolute Gasteiger partial charge is 0.480 e. The van der Waals surface area contributed by atoms with Crippen LogP contribution in [0.25, 0.3) is 0 Å². The second-order valence-corrected chi connectivity index (χ2v) is 11.8. The Hall–Kier alpha value is -3.50. The molecule has 4 atom stereocenters. The van der Waals surface area contributed by atoms with Crippen LogP contribution in [-0.2, 0) is 9.53 Å². The van der Waals surface area contributed by atoms with Crippen molar-refractivity contribution in [3.8, 4) is 5.88 Å². The minimum absolute atomic E-state index is 0.0180. The number of likely N-dealkylation sites (tertiary alicyclic amines) is 1. The van der Waals surface area contributed by atoms with Gasteiger partial charge in [-0.1, -0.05) is 23.7 Å². The van der Waals surface area contributed by atoms with Crippen LogP contribution < -0.4 is 9.64 Å². The van der Waals surface area contributed by atoms with Gasteiger partial charge in [0, 0.05) is 43.1 Å². The van der Waals surface area contributed by atoms with Gasteiger partial charge in [-0.05, 0) is 61.8 Å². The van der Waals surface area contributed by atoms with Crippen LogP contribution in [0.4, 0.5) is 15.0 Å². The van der Waals surface area contributed by atoms with Crippen LogP contribution >= 0.6 is 11.6 Å². The second kappa shape index (κ2) is 12.8. The molecular weight excluding hydrogens is 561 g/mol. The molecular formula is C31H38ClFN5O4+. The molecule has 224 valence electrons. The lowest BCUT2D eigenvalue weighted by molar-refractivity contribution is -0.860. The molecule has 1 aromatic carbocycles. The quantitative estimate of drug-likeness (QED) is 0.408. The first-order valence-corrected chi connectivity index (χ1v) is 14.9. The SMILES string of the molecule is CC[N+](C)(C(=O)OC1=CCC(F)C=C1)[C@H]1CN(C(=O)C2CCN(c3ccc(OC)nn3)CC2)C[C@@H]1c1ccc(Cl)cc1. The average Bonchev–Trinajstić information content (AvgIpc) is 3.48. The number of likely N-dealkylation sites (N-methyl/N-ethyl adjacent to an activating group) is 1. The number of nitrogens with zero attached hydrogens (tertiary/aromatic N) is 5. The number of rotatable bonds is 7. The van der Waals surface area contributed by atoms with Crippen LogP contribution in [0, 0.1) is 5.92 Å². The van der Waals surface area contributed by atoms with Gasteiger partial charge in [-0.15, -0.1) is 10.2 Å². The maximum absolute atomic E-state index is 13.9. The molecule has 2 aliphatic heterocycles. The number of alkyl halides is 1. The Bertz CT molecular complexity index is 1330. The zero-order chi connectivity index (χ0) is 29.9. The summed E-state index contributed by atoms with van der Waals surface area (Å²) in [6, 6.07) is 11.1. The van der Waals surface area contributed by atoms with Gasteiger partial charge in [-0.25, -0.2) is 8.87 Å². The van der Waals surface area contributed by atoms with E-state index < -0.39 is 12.3 Å². The molecule has 1 aromatic heterocycles. The Morgan fingerprint density at radius 2 is 1.83 bits per heavy atom. The monoisotopic (exact) mass is 598 g/mol. The summed E-state index contributed by atoms with van der Waals surface area (Å²) in [4.78, 5) is 31.6. The fraction of sp³-hybridized carbons (Fsp3) is 0.484. The summed E-state index contributed by atoms with van der Waals surface area (Å²) >= 11 is 6.19. The number of benzene rings is 1. The summed E-state index contributed by atoms with van der Waals surface area (Å²) in [5.41, 5.74) is 1.02. The lowest BCUT2D eigenvalue weighted by Crippen LogP contribution is -2.59. The third-order valence-corrected chi connectivity index (χ3v) is 9.18. The third-order valence-electron chi connectivity index (χ3n) is 8.93. The van der Waals surface area contributed by atoms with Crippen LogP contribution in [0.1, 0.15) is 37.7 Å². The van der Waals surface area contributed by atoms with Gasteiger partial charge in [0.25, 0.3) is 0 Å². The fourth-order valence-electron chi connectivity index (χ4n) is 6.14. The summed E-state index contributed by atoms with van der Waals surface area (Å²) < 4.78 is 24.5. The molecule has 0 saturated carbocycles. The van der Waals surface area contributed by atoms with Crippen molar-refractivity contribution in [2.75, 3.05) is 51.8 Å². The van der Waals surface area contributed by atoms with Gasteiger partial charge in [0.15, 0.2) is 5.82 Å². The van der Waals surface area contributed by atoms with E-state index in [9.17, 15) is 14.0 Å². The number of quaternary nitrogens is 1. The summed E-state index contributed by atoms with van der Waals surface area (Å²) in [7, 11) is 3.42. The number of methoxy groups -OCH3 is 1. The van der Waals surface area contributed by atoms with Crippen LogP contribution in [0.5, 0.6) is 5.88 Å². The fourth-order valence-corrected chi connectivity index (χ4v) is 6.27. The highest BCUT2D eigenvalue weighted by atomic mass is 35.5. The summed E-state index contributed by atoms with van der Waals surface area (Å²) in [6.45, 7) is 4.75. The number of aromatic nitrogens is 2. The van der Waals surface area contributed by atoms with Crippen molar-refractivity contribution in [2.24, 2.45) is 5.92 Å². The number of carbonyl (C=O) groups excluding carboxylic acids is 2. The first-order valence-electron chi connectivity index (χ1n) is 14.5. The Labute approximate surface area is 251 Å². The molecule has 2 fully saturated rings. The molecule has 1 aliphatic carbocycles. The average molecular weight is 599 g/mol. The van der Waals surface area contributed by atoms with Crippen molar-refractivity contribution in [3.05, 3.63) is 71.0 Å². The predicted molar refractivity (Wildman–Crippen MR) is 158 cm³/mol. The van der Waals surface area contributed by atoms with Gasteiger partial charge in [0.1, 0.15) is 18.0 Å². The van der Waals surface area contributed by atoms with Crippen molar-refractivity contribution in [2.45, 2.75) is 44.3 Å². The first-order chi connectivity index (χ1) is 20.2. The number of halogens is 2. The number of amides is 2. The largest absolute Gasteiger partial charge is 0.521 e. The highest BCUT2D eigenvalue weighted by Crippen LogP contribution is 2.37. The van der Waals surface area contributed by atoms with Crippen LogP contribution in [0.3, 0.4) is 0 Å². The van der Waals surface area contributed by atoms with Crippen LogP contribution in [0.15, 0.2) is 60.4 Å². The van der Waals surface area contributed by atoms with E-state index in [1.165, 1.54) is 12.2 Å². The number of allylic oxidation sites excluding steroid dienone is 3. The molecule has 5 rings (SSSR count). The zero-order valence-electron chi connectivity index (χ0n) is 24.3. The van der Waals surface area contributed by atoms with E-state index in [1.54, 1.807) is 19.3 Å². The Kier molecular flexibility index (Phi) is 9.13. The van der Waals surface area contributed by atoms with Crippen molar-refractivity contribution >= 4 is 29.4 Å². The maximum Gasteiger partial charge on any atom is 0.521 e. The van der Waals surface area contributed by atoms with Crippen molar-refractivity contribution < 1.29 is 27.9 Å². The number of ether oxygens (including phenoxy) is 2. The lowest BCUT2D eigenvalue weighted by atomic mass is 9.92. The maximum atomic E-state index is 13.9. The molecule has 0 bridgehead atoms. The normalized spacial score (nSPS) is 24.2. The second-order valence-electron chi connectivity index (χ2n) is 11.3. The van der Waals surface area contributed by atoms with E-state index >= 15 is 0 Å². The number of piperidine rings is 1. The van der Waals surface area contributed by atoms with Gasteiger partial charge < -0.3 is 19.3 Å². The van der Waals surface area contributed by atoms with Gasteiger partial charge in [-0.2, -0.15) is 4.79 Å². The Morgan fingerprint density at radius 1 is 1.10 bits per heavy atom. The first kappa shape index (κ1) is 30.0. The van der Waals surface area contributed by atoms with Crippen molar-refractivity contribution in [1.29, 1.82) is 0 Å². The molecule has 3 heterocycles. The Balaban J connectivity index is 1.32. The van der Waals surface area contributed by atoms with Gasteiger partial charge >= 0.3 is 6.09 Å². The van der Waals surface area contributed by atoms with E-state index in [-0.39, 0.29) is 34.7 Å². The molecule has 0 spiro atoms. The molecule has 2 aromatic rings. The molecule has 2 saturated heterocycles. The van der Waals surface area contributed by atoms with Crippen LogP contribution in [0.2, 0.25) is 5.02 Å². The van der Waals surface area contributed by atoms with Gasteiger partial charge in [0.05, 0.1) is 33.2 Å². The molecule has 3 aliphatic rings. The summed E-state index contributed by atoms with van der Waals surface area (Å²) in [6.07, 6.45) is 4.62. The standard InChI is InChI=1S/C31H38ClFN5O4/c1-4-38(2,31(40)42-25-11-9-24(33)10-12-25)27-20-37(19-26(27)21-5-7-23(32)8-6-21)30(39)22-15-17-36(18-16-22)28-13-14-29(41-3)35-34-28/h5-9,11-14,22,24,26-27H,4,10,15-20H2,1-3H3/q+1/t24?,26-,27+,38?/m1/s1. The van der Waals surface area contributed by atoms with E-state index in [4.69, 9.17) is 21.1 Å². The highest BCUT2D eigenvalue weighted by molar-refractivity contribution is 6.30. The predicted octanol–water partition coefficient (Wildman–Crippen LogP) is 5.13. The van der Waals surface area contributed by atoms with Crippen LogP contribution in [-0.4, -0.2) is 90.7 Å². The molecule has 0 N–H and O–H groups in total. The van der Waals surface area contributed by atoms with Crippen molar-refractivity contribution in [1.82, 2.24) is 15.1 Å². The summed E-state index contributed by atoms with van der Waals surface area (Å²) in [5.74, 6) is 1.49. The topological polar surface area (TPSA) is 84.9 Å². The minimum atomic E-state index is -1.07. The lowest BCUT2D eigenvalue weighted by Gasteiger charge is -2.37. The van der Waals surface area contributed by atoms with E-state index in [2.05, 4.69) is 15.1 Å². The molecule has 2 unspecified atom stereocenters. The van der Waals surface area contributed by atoms with E-state index in [0.29, 0.717) is 62.2 Å². The Morgan fingerprint density at radius 3 is 2.43 bits per heavy atom. The summed E-state index contributed by atoms with van der Waals surface area (Å²) in [5, 5.41) is 8.95. The third kappa shape index (κ3) is 6.29. The number of anilines is 1. The molecule has 42 heavy (non-hydrogen) atoms. The number of hydrogen-bond donors (Lipinski definition) is 0. The van der Waals surface area contributed by atoms with Gasteiger partial charge in [0.2, 0.25) is 11.8 Å². The van der Waals surface area contributed by atoms with E-state index in [1.807, 2.05) is 49.2 Å². The molecule has 11 heteroatoms. The number of hydrogen-bond acceptors (Lipinski definition) is 7. The number of carbonyl (C=O) groups is 2. The van der Waals surface area contributed by atoms with Crippen molar-refractivity contribution in [3.63, 3.8) is 0 Å². The molecule has 9 nitrogen and oxygen atoms in total. The van der Waals surface area contributed by atoms with E-state index in [0.717, 1.165) is 11.4 Å².